The van der Waals surface area contributed by atoms with Crippen LogP contribution in [0.25, 0.3) is 0 Å². The van der Waals surface area contributed by atoms with Crippen LogP contribution in [0.15, 0.2) is 18.2 Å². The summed E-state index contributed by atoms with van der Waals surface area (Å²) in [5, 5.41) is 0. The van der Waals surface area contributed by atoms with Crippen LogP contribution in [0, 0.1) is 5.82 Å². The summed E-state index contributed by atoms with van der Waals surface area (Å²) in [6.45, 7) is 3.64. The second-order valence-corrected chi connectivity index (χ2v) is 4.10. The van der Waals surface area contributed by atoms with Gasteiger partial charge in [0.2, 0.25) is 0 Å². The summed E-state index contributed by atoms with van der Waals surface area (Å²) < 4.78 is 18.4. The molecule has 0 N–H and O–H groups in total. The van der Waals surface area contributed by atoms with Gasteiger partial charge in [0, 0.05) is 6.07 Å². The van der Waals surface area contributed by atoms with Crippen molar-refractivity contribution in [3.05, 3.63) is 29.6 Å². The molecular weight excluding hydrogens is 183 g/mol. The molecule has 0 bridgehead atoms. The molecule has 0 radical (unpaired) electrons. The number of ketones is 1. The SMILES string of the molecule is CC1(C)CC(=O)c2ccc(F)cc2O1. The third kappa shape index (κ3) is 1.50. The van der Waals surface area contributed by atoms with E-state index in [-0.39, 0.29) is 11.6 Å². The van der Waals surface area contributed by atoms with Gasteiger partial charge in [-0.2, -0.15) is 0 Å². The quantitative estimate of drug-likeness (QED) is 0.634. The molecule has 0 saturated carbocycles. The Labute approximate surface area is 81.7 Å². The van der Waals surface area contributed by atoms with Crippen LogP contribution in [0.4, 0.5) is 4.39 Å². The molecule has 0 aliphatic carbocycles. The Morgan fingerprint density at radius 2 is 2.14 bits per heavy atom. The van der Waals surface area contributed by atoms with E-state index in [4.69, 9.17) is 4.74 Å². The van der Waals surface area contributed by atoms with Gasteiger partial charge >= 0.3 is 0 Å². The van der Waals surface area contributed by atoms with E-state index in [1.54, 1.807) is 0 Å². The van der Waals surface area contributed by atoms with E-state index in [0.29, 0.717) is 17.7 Å². The Morgan fingerprint density at radius 1 is 1.43 bits per heavy atom. The third-order valence-electron chi connectivity index (χ3n) is 2.22. The summed E-state index contributed by atoms with van der Waals surface area (Å²) in [4.78, 5) is 11.6. The number of ether oxygens (including phenoxy) is 1. The third-order valence-corrected chi connectivity index (χ3v) is 2.22. The van der Waals surface area contributed by atoms with Gasteiger partial charge < -0.3 is 4.74 Å². The number of carbonyl (C=O) groups excluding carboxylic acids is 1. The predicted molar refractivity (Wildman–Crippen MR) is 50.1 cm³/mol. The monoisotopic (exact) mass is 194 g/mol. The summed E-state index contributed by atoms with van der Waals surface area (Å²) in [6.07, 6.45) is 0.339. The first-order valence-electron chi connectivity index (χ1n) is 4.50. The van der Waals surface area contributed by atoms with Crippen LogP contribution in [-0.4, -0.2) is 11.4 Å². The van der Waals surface area contributed by atoms with Crippen molar-refractivity contribution >= 4 is 5.78 Å². The molecule has 1 aliphatic heterocycles. The lowest BCUT2D eigenvalue weighted by Crippen LogP contribution is -2.35. The van der Waals surface area contributed by atoms with E-state index in [2.05, 4.69) is 0 Å². The van der Waals surface area contributed by atoms with Crippen molar-refractivity contribution in [3.63, 3.8) is 0 Å². The molecule has 74 valence electrons. The normalized spacial score (nSPS) is 18.6. The average molecular weight is 194 g/mol. The summed E-state index contributed by atoms with van der Waals surface area (Å²) in [5.74, 6) is -0.0169. The zero-order valence-electron chi connectivity index (χ0n) is 8.13. The lowest BCUT2D eigenvalue weighted by Gasteiger charge is -2.31. The predicted octanol–water partition coefficient (Wildman–Crippen LogP) is 2.57. The molecule has 0 unspecified atom stereocenters. The summed E-state index contributed by atoms with van der Waals surface area (Å²) in [7, 11) is 0. The van der Waals surface area contributed by atoms with Crippen LogP contribution in [-0.2, 0) is 0 Å². The number of hydrogen-bond acceptors (Lipinski definition) is 2. The van der Waals surface area contributed by atoms with Crippen molar-refractivity contribution in [2.24, 2.45) is 0 Å². The highest BCUT2D eigenvalue weighted by atomic mass is 19.1. The summed E-state index contributed by atoms with van der Waals surface area (Å²) in [5.41, 5.74) is -0.0524. The number of halogens is 1. The van der Waals surface area contributed by atoms with E-state index >= 15 is 0 Å². The fraction of sp³-hybridized carbons (Fsp3) is 0.364. The Balaban J connectivity index is 2.51. The van der Waals surface area contributed by atoms with Gasteiger partial charge in [0.05, 0.1) is 12.0 Å². The van der Waals surface area contributed by atoms with Gasteiger partial charge in [-0.05, 0) is 26.0 Å². The number of benzene rings is 1. The van der Waals surface area contributed by atoms with Crippen LogP contribution in [0.1, 0.15) is 30.6 Å². The fourth-order valence-electron chi connectivity index (χ4n) is 1.63. The van der Waals surface area contributed by atoms with E-state index in [1.165, 1.54) is 18.2 Å². The van der Waals surface area contributed by atoms with E-state index in [1.807, 2.05) is 13.8 Å². The number of carbonyl (C=O) groups is 1. The van der Waals surface area contributed by atoms with Gasteiger partial charge in [-0.1, -0.05) is 0 Å². The van der Waals surface area contributed by atoms with Crippen molar-refractivity contribution in [1.29, 1.82) is 0 Å². The number of Topliss-reactive ketones (excluding diaryl/α,β-unsaturated/α-hetero) is 1. The first-order chi connectivity index (χ1) is 6.48. The molecule has 3 heteroatoms. The van der Waals surface area contributed by atoms with Crippen molar-refractivity contribution in [2.45, 2.75) is 25.9 Å². The molecule has 0 amide bonds. The van der Waals surface area contributed by atoms with Gasteiger partial charge in [-0.3, -0.25) is 4.79 Å². The van der Waals surface area contributed by atoms with E-state index in [9.17, 15) is 9.18 Å². The van der Waals surface area contributed by atoms with Crippen molar-refractivity contribution < 1.29 is 13.9 Å². The van der Waals surface area contributed by atoms with Crippen LogP contribution >= 0.6 is 0 Å². The minimum atomic E-state index is -0.530. The number of hydrogen-bond donors (Lipinski definition) is 0. The first-order valence-corrected chi connectivity index (χ1v) is 4.50. The number of fused-ring (bicyclic) bond motifs is 1. The van der Waals surface area contributed by atoms with Crippen LogP contribution < -0.4 is 4.74 Å². The average Bonchev–Trinajstić information content (AvgIpc) is 2.00. The van der Waals surface area contributed by atoms with Gasteiger partial charge in [-0.15, -0.1) is 0 Å². The molecule has 1 aliphatic rings. The smallest absolute Gasteiger partial charge is 0.170 e. The lowest BCUT2D eigenvalue weighted by molar-refractivity contribution is 0.0618. The molecule has 0 atom stereocenters. The largest absolute Gasteiger partial charge is 0.487 e. The molecule has 0 saturated heterocycles. The van der Waals surface area contributed by atoms with Crippen LogP contribution in [0.5, 0.6) is 5.75 Å². The molecular formula is C11H11FO2. The Kier molecular flexibility index (Phi) is 1.84. The Morgan fingerprint density at radius 3 is 2.86 bits per heavy atom. The molecule has 0 spiro atoms. The second kappa shape index (κ2) is 2.80. The zero-order chi connectivity index (χ0) is 10.3. The molecule has 1 aromatic rings. The van der Waals surface area contributed by atoms with E-state index in [0.717, 1.165) is 0 Å². The minimum Gasteiger partial charge on any atom is -0.487 e. The topological polar surface area (TPSA) is 26.3 Å². The molecule has 1 heterocycles. The molecule has 0 fully saturated rings. The Hall–Kier alpha value is -1.38. The van der Waals surface area contributed by atoms with Gasteiger partial charge in [0.1, 0.15) is 17.2 Å². The second-order valence-electron chi connectivity index (χ2n) is 4.10. The van der Waals surface area contributed by atoms with E-state index < -0.39 is 5.60 Å². The lowest BCUT2D eigenvalue weighted by atomic mass is 9.93. The van der Waals surface area contributed by atoms with Gasteiger partial charge in [0.25, 0.3) is 0 Å². The maximum Gasteiger partial charge on any atom is 0.170 e. The maximum atomic E-state index is 12.9. The molecule has 2 rings (SSSR count). The maximum absolute atomic E-state index is 12.9. The summed E-state index contributed by atoms with van der Waals surface area (Å²) in [6, 6.07) is 4.01. The standard InChI is InChI=1S/C11H11FO2/c1-11(2)6-9(13)8-4-3-7(12)5-10(8)14-11/h3-5H,6H2,1-2H3. The van der Waals surface area contributed by atoms with Crippen LogP contribution in [0.3, 0.4) is 0 Å². The van der Waals surface area contributed by atoms with Gasteiger partial charge in [-0.25, -0.2) is 4.39 Å². The highest BCUT2D eigenvalue weighted by Gasteiger charge is 2.32. The zero-order valence-corrected chi connectivity index (χ0v) is 8.13. The van der Waals surface area contributed by atoms with Crippen LogP contribution in [0.2, 0.25) is 0 Å². The highest BCUT2D eigenvalue weighted by Crippen LogP contribution is 2.33. The first kappa shape index (κ1) is 9.19. The molecule has 1 aromatic carbocycles. The molecule has 2 nitrogen and oxygen atoms in total. The minimum absolute atomic E-state index is 0.0104. The molecule has 0 aromatic heterocycles. The van der Waals surface area contributed by atoms with Crippen molar-refractivity contribution in [2.75, 3.05) is 0 Å². The Bertz CT molecular complexity index is 396. The van der Waals surface area contributed by atoms with Crippen molar-refractivity contribution in [1.82, 2.24) is 0 Å². The van der Waals surface area contributed by atoms with Crippen molar-refractivity contribution in [3.8, 4) is 5.75 Å². The highest BCUT2D eigenvalue weighted by molar-refractivity contribution is 6.00. The summed E-state index contributed by atoms with van der Waals surface area (Å²) >= 11 is 0. The number of rotatable bonds is 0. The molecule has 14 heavy (non-hydrogen) atoms. The van der Waals surface area contributed by atoms with Gasteiger partial charge in [0.15, 0.2) is 5.78 Å². The fourth-order valence-corrected chi connectivity index (χ4v) is 1.63.